The maximum Gasteiger partial charge on any atom is 0.416 e. The SMILES string of the molecule is O=C1Nc2ccc(S(=O)(=O)Nc3ccc(C(F)(F)F)cc3)cc2C1C1C(CC2COc3ccccc3O2)=Cc2ccccc21. The molecule has 3 atom stereocenters. The van der Waals surface area contributed by atoms with Crippen molar-refractivity contribution in [1.29, 1.82) is 0 Å². The Morgan fingerprint density at radius 3 is 2.36 bits per heavy atom. The first-order chi connectivity index (χ1) is 21.1. The fraction of sp³-hybridized carbons (Fsp3) is 0.182. The summed E-state index contributed by atoms with van der Waals surface area (Å²) < 4.78 is 80.1. The van der Waals surface area contributed by atoms with Crippen molar-refractivity contribution in [3.05, 3.63) is 119 Å². The van der Waals surface area contributed by atoms with Gasteiger partial charge in [-0.15, -0.1) is 0 Å². The topological polar surface area (TPSA) is 93.7 Å². The number of amides is 1. The van der Waals surface area contributed by atoms with Crippen molar-refractivity contribution in [2.75, 3.05) is 16.6 Å². The fourth-order valence-electron chi connectivity index (χ4n) is 6.12. The molecule has 0 bridgehead atoms. The number of anilines is 2. The third-order valence-corrected chi connectivity index (χ3v) is 9.49. The van der Waals surface area contributed by atoms with Gasteiger partial charge >= 0.3 is 6.18 Å². The monoisotopic (exact) mass is 618 g/mol. The molecule has 0 aromatic heterocycles. The number of alkyl halides is 3. The molecule has 0 radical (unpaired) electrons. The van der Waals surface area contributed by atoms with Crippen LogP contribution < -0.4 is 19.5 Å². The van der Waals surface area contributed by atoms with Crippen LogP contribution >= 0.6 is 0 Å². The smallest absolute Gasteiger partial charge is 0.416 e. The minimum atomic E-state index is -4.54. The highest BCUT2D eigenvalue weighted by Crippen LogP contribution is 2.51. The Morgan fingerprint density at radius 1 is 0.864 bits per heavy atom. The molecular weight excluding hydrogens is 593 g/mol. The molecule has 4 aromatic carbocycles. The van der Waals surface area contributed by atoms with Crippen LogP contribution in [0, 0.1) is 0 Å². The second-order valence-electron chi connectivity index (χ2n) is 10.9. The lowest BCUT2D eigenvalue weighted by Crippen LogP contribution is -2.31. The van der Waals surface area contributed by atoms with Crippen molar-refractivity contribution < 1.29 is 35.9 Å². The van der Waals surface area contributed by atoms with Gasteiger partial charge in [0.15, 0.2) is 11.5 Å². The number of carbonyl (C=O) groups is 1. The van der Waals surface area contributed by atoms with Gasteiger partial charge in [0, 0.05) is 23.7 Å². The standard InChI is InChI=1S/C33H25F3N2O5S/c34-33(35,36)21-9-11-22(12-10-21)38-44(40,41)24-13-14-27-26(17-24)31(32(39)37-27)30-20(15-19-5-1-2-6-25(19)30)16-23-18-42-28-7-3-4-8-29(28)43-23/h1-15,17,23,30-31,38H,16,18H2,(H,37,39). The van der Waals surface area contributed by atoms with E-state index in [1.807, 2.05) is 48.5 Å². The van der Waals surface area contributed by atoms with Crippen molar-refractivity contribution >= 4 is 33.4 Å². The van der Waals surface area contributed by atoms with Gasteiger partial charge in [-0.1, -0.05) is 48.0 Å². The van der Waals surface area contributed by atoms with Gasteiger partial charge in [0.25, 0.3) is 10.0 Å². The number of nitrogens with one attached hydrogen (secondary N) is 2. The molecule has 0 spiro atoms. The number of rotatable bonds is 6. The Labute approximate surface area is 251 Å². The van der Waals surface area contributed by atoms with Gasteiger partial charge in [-0.05, 0) is 71.3 Å². The van der Waals surface area contributed by atoms with Crippen molar-refractivity contribution in [3.8, 4) is 11.5 Å². The van der Waals surface area contributed by atoms with Gasteiger partial charge in [-0.25, -0.2) is 8.42 Å². The summed E-state index contributed by atoms with van der Waals surface area (Å²) in [6, 6.07) is 23.3. The van der Waals surface area contributed by atoms with Crippen molar-refractivity contribution in [3.63, 3.8) is 0 Å². The Morgan fingerprint density at radius 2 is 1.59 bits per heavy atom. The van der Waals surface area contributed by atoms with E-state index in [0.29, 0.717) is 35.8 Å². The molecule has 1 amide bonds. The molecule has 0 saturated carbocycles. The molecule has 11 heteroatoms. The quantitative estimate of drug-likeness (QED) is 0.244. The summed E-state index contributed by atoms with van der Waals surface area (Å²) in [5.41, 5.74) is 2.99. The summed E-state index contributed by atoms with van der Waals surface area (Å²) >= 11 is 0. The minimum absolute atomic E-state index is 0.0181. The van der Waals surface area contributed by atoms with E-state index in [1.165, 1.54) is 18.2 Å². The summed E-state index contributed by atoms with van der Waals surface area (Å²) in [5, 5.41) is 2.90. The van der Waals surface area contributed by atoms with E-state index in [9.17, 15) is 26.4 Å². The van der Waals surface area contributed by atoms with Gasteiger partial charge in [0.2, 0.25) is 5.91 Å². The summed E-state index contributed by atoms with van der Waals surface area (Å²) in [4.78, 5) is 13.4. The number of hydrogen-bond acceptors (Lipinski definition) is 5. The van der Waals surface area contributed by atoms with E-state index < -0.39 is 27.7 Å². The lowest BCUT2D eigenvalue weighted by Gasteiger charge is -2.29. The van der Waals surface area contributed by atoms with Crippen LogP contribution in [0.5, 0.6) is 11.5 Å². The Balaban J connectivity index is 1.19. The molecule has 2 N–H and O–H groups in total. The number of carbonyl (C=O) groups excluding carboxylic acids is 1. The van der Waals surface area contributed by atoms with E-state index >= 15 is 0 Å². The van der Waals surface area contributed by atoms with Crippen LogP contribution in [0.15, 0.2) is 101 Å². The van der Waals surface area contributed by atoms with Crippen LogP contribution in [0.25, 0.3) is 6.08 Å². The molecule has 7 rings (SSSR count). The zero-order chi connectivity index (χ0) is 30.6. The average molecular weight is 619 g/mol. The van der Waals surface area contributed by atoms with Gasteiger partial charge < -0.3 is 14.8 Å². The highest BCUT2D eigenvalue weighted by atomic mass is 32.2. The predicted octanol–water partition coefficient (Wildman–Crippen LogP) is 6.95. The van der Waals surface area contributed by atoms with E-state index in [2.05, 4.69) is 16.1 Å². The molecule has 4 aromatic rings. The largest absolute Gasteiger partial charge is 0.486 e. The molecule has 0 saturated heterocycles. The van der Waals surface area contributed by atoms with E-state index in [4.69, 9.17) is 9.47 Å². The van der Waals surface area contributed by atoms with E-state index in [1.54, 1.807) is 0 Å². The summed E-state index contributed by atoms with van der Waals surface area (Å²) in [7, 11) is -4.19. The molecule has 7 nitrogen and oxygen atoms in total. The van der Waals surface area contributed by atoms with Crippen LogP contribution in [0.4, 0.5) is 24.5 Å². The van der Waals surface area contributed by atoms with Crippen molar-refractivity contribution in [1.82, 2.24) is 0 Å². The predicted molar refractivity (Wildman–Crippen MR) is 158 cm³/mol. The molecule has 1 aliphatic carbocycles. The summed E-state index contributed by atoms with van der Waals surface area (Å²) in [5.74, 6) is -0.0431. The first kappa shape index (κ1) is 28.0. The molecular formula is C33H25F3N2O5S. The number of sulfonamides is 1. The number of ether oxygens (including phenoxy) is 2. The lowest BCUT2D eigenvalue weighted by molar-refractivity contribution is -0.137. The molecule has 224 valence electrons. The number of hydrogen-bond donors (Lipinski definition) is 2. The third kappa shape index (κ3) is 5.06. The summed E-state index contributed by atoms with van der Waals surface area (Å²) in [6.45, 7) is 0.336. The normalized spacial score (nSPS) is 20.4. The number of benzene rings is 4. The lowest BCUT2D eigenvalue weighted by atomic mass is 9.78. The maximum absolute atomic E-state index is 13.5. The second-order valence-corrected chi connectivity index (χ2v) is 12.6. The molecule has 3 unspecified atom stereocenters. The second kappa shape index (κ2) is 10.4. The molecule has 44 heavy (non-hydrogen) atoms. The van der Waals surface area contributed by atoms with Crippen LogP contribution in [-0.2, 0) is 21.0 Å². The van der Waals surface area contributed by atoms with Gasteiger partial charge in [-0.3, -0.25) is 9.52 Å². The maximum atomic E-state index is 13.5. The van der Waals surface area contributed by atoms with Crippen LogP contribution in [0.3, 0.4) is 0 Å². The molecule has 2 aliphatic heterocycles. The number of para-hydroxylation sites is 2. The van der Waals surface area contributed by atoms with Gasteiger partial charge in [-0.2, -0.15) is 13.2 Å². The molecule has 3 aliphatic rings. The fourth-order valence-corrected chi connectivity index (χ4v) is 7.22. The Kier molecular flexibility index (Phi) is 6.65. The van der Waals surface area contributed by atoms with Gasteiger partial charge in [0.05, 0.1) is 16.4 Å². The summed E-state index contributed by atoms with van der Waals surface area (Å²) in [6.07, 6.45) is -2.29. The van der Waals surface area contributed by atoms with E-state index in [-0.39, 0.29) is 28.5 Å². The minimum Gasteiger partial charge on any atom is -0.486 e. The molecule has 0 fully saturated rings. The van der Waals surface area contributed by atoms with Crippen molar-refractivity contribution in [2.45, 2.75) is 35.4 Å². The van der Waals surface area contributed by atoms with Crippen LogP contribution in [-0.4, -0.2) is 27.0 Å². The zero-order valence-corrected chi connectivity index (χ0v) is 23.8. The Bertz CT molecular complexity index is 1920. The highest BCUT2D eigenvalue weighted by molar-refractivity contribution is 7.92. The van der Waals surface area contributed by atoms with E-state index in [0.717, 1.165) is 41.0 Å². The molecule has 2 heterocycles. The first-order valence-corrected chi connectivity index (χ1v) is 15.4. The highest BCUT2D eigenvalue weighted by Gasteiger charge is 2.43. The number of halogens is 3. The zero-order valence-electron chi connectivity index (χ0n) is 23.0. The number of fused-ring (bicyclic) bond motifs is 3. The van der Waals surface area contributed by atoms with Crippen molar-refractivity contribution in [2.24, 2.45) is 0 Å². The first-order valence-electron chi connectivity index (χ1n) is 13.9. The van der Waals surface area contributed by atoms with Gasteiger partial charge in [0.1, 0.15) is 12.7 Å². The van der Waals surface area contributed by atoms with Crippen LogP contribution in [0.2, 0.25) is 0 Å². The average Bonchev–Trinajstić information content (AvgIpc) is 3.51. The Hall–Kier alpha value is -4.77. The van der Waals surface area contributed by atoms with Crippen LogP contribution in [0.1, 0.15) is 40.5 Å². The third-order valence-electron chi connectivity index (χ3n) is 8.11.